The third kappa shape index (κ3) is 4.58. The molecule has 19 heavy (non-hydrogen) atoms. The van der Waals surface area contributed by atoms with Crippen molar-refractivity contribution in [3.63, 3.8) is 0 Å². The summed E-state index contributed by atoms with van der Waals surface area (Å²) in [5.74, 6) is 0. The minimum atomic E-state index is -3.42. The number of likely N-dealkylation sites (N-methyl/N-ethyl adjacent to an activating group) is 1. The van der Waals surface area contributed by atoms with Crippen LogP contribution in [-0.4, -0.2) is 46.6 Å². The van der Waals surface area contributed by atoms with Gasteiger partial charge in [-0.15, -0.1) is 0 Å². The van der Waals surface area contributed by atoms with Crippen LogP contribution in [0.3, 0.4) is 0 Å². The second-order valence-electron chi connectivity index (χ2n) is 4.24. The highest BCUT2D eigenvalue weighted by atomic mass is 32.2. The molecule has 0 atom stereocenters. The highest BCUT2D eigenvalue weighted by Crippen LogP contribution is 2.15. The normalized spacial score (nSPS) is 12.0. The number of sulfonamides is 1. The van der Waals surface area contributed by atoms with Gasteiger partial charge >= 0.3 is 0 Å². The number of methoxy groups -OCH3 is 1. The highest BCUT2D eigenvalue weighted by Gasteiger charge is 2.19. The molecule has 0 unspecified atom stereocenters. The molecule has 0 aliphatic heterocycles. The number of nitrogens with zero attached hydrogens (tertiary/aromatic N) is 1. The molecule has 0 amide bonds. The first kappa shape index (κ1) is 16.1. The van der Waals surface area contributed by atoms with Gasteiger partial charge in [0.05, 0.1) is 11.5 Å². The molecule has 0 aliphatic rings. The lowest BCUT2D eigenvalue weighted by Gasteiger charge is -2.16. The summed E-state index contributed by atoms with van der Waals surface area (Å²) in [7, 11) is -0.308. The molecular weight excluding hydrogens is 264 g/mol. The zero-order valence-electron chi connectivity index (χ0n) is 11.7. The molecule has 0 bridgehead atoms. The molecule has 1 aromatic rings. The van der Waals surface area contributed by atoms with E-state index in [0.717, 1.165) is 18.7 Å². The van der Waals surface area contributed by atoms with Crippen LogP contribution in [0, 0.1) is 0 Å². The summed E-state index contributed by atoms with van der Waals surface area (Å²) in [5.41, 5.74) is 1.07. The van der Waals surface area contributed by atoms with E-state index >= 15 is 0 Å². The van der Waals surface area contributed by atoms with E-state index in [0.29, 0.717) is 18.0 Å². The lowest BCUT2D eigenvalue weighted by atomic mass is 10.2. The fourth-order valence-corrected chi connectivity index (χ4v) is 2.72. The Morgan fingerprint density at radius 2 is 1.89 bits per heavy atom. The Morgan fingerprint density at radius 1 is 1.26 bits per heavy atom. The zero-order valence-corrected chi connectivity index (χ0v) is 12.5. The van der Waals surface area contributed by atoms with Gasteiger partial charge in [-0.25, -0.2) is 8.42 Å². The van der Waals surface area contributed by atoms with E-state index in [2.05, 4.69) is 5.32 Å². The monoisotopic (exact) mass is 286 g/mol. The quantitative estimate of drug-likeness (QED) is 0.776. The Bertz CT molecular complexity index is 471. The first-order chi connectivity index (χ1) is 9.02. The van der Waals surface area contributed by atoms with Gasteiger partial charge in [0.15, 0.2) is 0 Å². The smallest absolute Gasteiger partial charge is 0.242 e. The van der Waals surface area contributed by atoms with Gasteiger partial charge in [-0.2, -0.15) is 4.31 Å². The number of hydrogen-bond acceptors (Lipinski definition) is 4. The van der Waals surface area contributed by atoms with E-state index in [9.17, 15) is 8.42 Å². The Hall–Kier alpha value is -0.950. The summed E-state index contributed by atoms with van der Waals surface area (Å²) in [5, 5.41) is 3.20. The first-order valence-electron chi connectivity index (χ1n) is 6.27. The van der Waals surface area contributed by atoms with Crippen molar-refractivity contribution in [1.82, 2.24) is 9.62 Å². The summed E-state index contributed by atoms with van der Waals surface area (Å²) in [6, 6.07) is 6.95. The van der Waals surface area contributed by atoms with Crippen molar-refractivity contribution in [3.8, 4) is 0 Å². The maximum Gasteiger partial charge on any atom is 0.242 e. The molecule has 0 fully saturated rings. The van der Waals surface area contributed by atoms with Crippen molar-refractivity contribution in [1.29, 1.82) is 0 Å². The molecule has 0 spiro atoms. The summed E-state index contributed by atoms with van der Waals surface area (Å²) in [6.07, 6.45) is 0. The third-order valence-electron chi connectivity index (χ3n) is 2.82. The van der Waals surface area contributed by atoms with Gasteiger partial charge in [0, 0.05) is 27.2 Å². The number of ether oxygens (including phenoxy) is 1. The van der Waals surface area contributed by atoms with Crippen LogP contribution in [0.15, 0.2) is 29.2 Å². The van der Waals surface area contributed by atoms with E-state index in [1.165, 1.54) is 4.31 Å². The van der Waals surface area contributed by atoms with Gasteiger partial charge in [-0.1, -0.05) is 19.1 Å². The van der Waals surface area contributed by atoms with E-state index < -0.39 is 10.0 Å². The Labute approximate surface area is 115 Å². The molecular formula is C13H22N2O3S. The van der Waals surface area contributed by atoms with Crippen LogP contribution < -0.4 is 5.32 Å². The molecule has 6 heteroatoms. The molecule has 0 aliphatic carbocycles. The maximum absolute atomic E-state index is 12.2. The van der Waals surface area contributed by atoms with Crippen molar-refractivity contribution < 1.29 is 13.2 Å². The summed E-state index contributed by atoms with van der Waals surface area (Å²) in [6.45, 7) is 4.39. The van der Waals surface area contributed by atoms with Crippen LogP contribution in [0.5, 0.6) is 0 Å². The van der Waals surface area contributed by atoms with Crippen molar-refractivity contribution in [2.45, 2.75) is 18.4 Å². The standard InChI is InChI=1S/C13H22N2O3S/c1-4-14-11-12-5-7-13(8-6-12)19(16,17)15(2)9-10-18-3/h5-8,14H,4,9-11H2,1-3H3. The van der Waals surface area contributed by atoms with Crippen LogP contribution in [0.4, 0.5) is 0 Å². The number of rotatable bonds is 8. The molecule has 0 saturated heterocycles. The van der Waals surface area contributed by atoms with Crippen LogP contribution in [0.25, 0.3) is 0 Å². The molecule has 0 radical (unpaired) electrons. The second kappa shape index (κ2) is 7.59. The minimum absolute atomic E-state index is 0.311. The molecule has 108 valence electrons. The molecule has 1 aromatic carbocycles. The van der Waals surface area contributed by atoms with Gasteiger partial charge in [0.1, 0.15) is 0 Å². The predicted molar refractivity (Wildman–Crippen MR) is 75.5 cm³/mol. The SMILES string of the molecule is CCNCc1ccc(S(=O)(=O)N(C)CCOC)cc1. The molecule has 0 heterocycles. The van der Waals surface area contributed by atoms with Gasteiger partial charge < -0.3 is 10.1 Å². The van der Waals surface area contributed by atoms with Gasteiger partial charge in [0.25, 0.3) is 0 Å². The average molecular weight is 286 g/mol. The number of benzene rings is 1. The molecule has 1 rings (SSSR count). The summed E-state index contributed by atoms with van der Waals surface area (Å²) in [4.78, 5) is 0.311. The minimum Gasteiger partial charge on any atom is -0.383 e. The van der Waals surface area contributed by atoms with E-state index in [4.69, 9.17) is 4.74 Å². The number of hydrogen-bond donors (Lipinski definition) is 1. The lowest BCUT2D eigenvalue weighted by Crippen LogP contribution is -2.30. The topological polar surface area (TPSA) is 58.6 Å². The van der Waals surface area contributed by atoms with Gasteiger partial charge in [0.2, 0.25) is 10.0 Å². The lowest BCUT2D eigenvalue weighted by molar-refractivity contribution is 0.185. The van der Waals surface area contributed by atoms with Crippen LogP contribution >= 0.6 is 0 Å². The van der Waals surface area contributed by atoms with Crippen LogP contribution in [0.1, 0.15) is 12.5 Å². The molecule has 0 aromatic heterocycles. The molecule has 1 N–H and O–H groups in total. The average Bonchev–Trinajstić information content (AvgIpc) is 2.42. The molecule has 5 nitrogen and oxygen atoms in total. The van der Waals surface area contributed by atoms with Gasteiger partial charge in [-0.3, -0.25) is 0 Å². The molecule has 0 saturated carbocycles. The second-order valence-corrected chi connectivity index (χ2v) is 6.29. The van der Waals surface area contributed by atoms with E-state index in [1.807, 2.05) is 19.1 Å². The van der Waals surface area contributed by atoms with Crippen LogP contribution in [0.2, 0.25) is 0 Å². The Balaban J connectivity index is 2.78. The summed E-state index contributed by atoms with van der Waals surface area (Å²) < 4.78 is 30.6. The summed E-state index contributed by atoms with van der Waals surface area (Å²) >= 11 is 0. The van der Waals surface area contributed by atoms with Crippen LogP contribution in [-0.2, 0) is 21.3 Å². The van der Waals surface area contributed by atoms with Gasteiger partial charge in [-0.05, 0) is 24.2 Å². The van der Waals surface area contributed by atoms with E-state index in [-0.39, 0.29) is 0 Å². The highest BCUT2D eigenvalue weighted by molar-refractivity contribution is 7.89. The van der Waals surface area contributed by atoms with Crippen molar-refractivity contribution in [3.05, 3.63) is 29.8 Å². The van der Waals surface area contributed by atoms with Crippen molar-refractivity contribution >= 4 is 10.0 Å². The Kier molecular flexibility index (Phi) is 6.44. The first-order valence-corrected chi connectivity index (χ1v) is 7.71. The van der Waals surface area contributed by atoms with Crippen molar-refractivity contribution in [2.24, 2.45) is 0 Å². The zero-order chi connectivity index (χ0) is 14.3. The predicted octanol–water partition coefficient (Wildman–Crippen LogP) is 1.06. The third-order valence-corrected chi connectivity index (χ3v) is 4.69. The fraction of sp³-hybridized carbons (Fsp3) is 0.538. The van der Waals surface area contributed by atoms with E-state index in [1.54, 1.807) is 26.3 Å². The van der Waals surface area contributed by atoms with Crippen molar-refractivity contribution in [2.75, 3.05) is 33.9 Å². The maximum atomic E-state index is 12.2. The fourth-order valence-electron chi connectivity index (χ4n) is 1.57. The number of nitrogens with one attached hydrogen (secondary N) is 1. The largest absolute Gasteiger partial charge is 0.383 e. The Morgan fingerprint density at radius 3 is 2.42 bits per heavy atom.